The molecule has 0 aliphatic carbocycles. The zero-order chi connectivity index (χ0) is 22.1. The van der Waals surface area contributed by atoms with Crippen LogP contribution in [0.15, 0.2) is 100 Å². The highest BCUT2D eigenvalue weighted by Crippen LogP contribution is 2.26. The molecule has 0 spiro atoms. The van der Waals surface area contributed by atoms with Crippen LogP contribution < -0.4 is 14.9 Å². The number of hydrogen-bond donors (Lipinski definition) is 0. The van der Waals surface area contributed by atoms with Gasteiger partial charge in [0.05, 0.1) is 10.9 Å². The van der Waals surface area contributed by atoms with E-state index in [2.05, 4.69) is 0 Å². The van der Waals surface area contributed by atoms with Gasteiger partial charge in [-0.2, -0.15) is 0 Å². The summed E-state index contributed by atoms with van der Waals surface area (Å²) in [5, 5.41) is 2.10. The highest BCUT2D eigenvalue weighted by atomic mass is 16.5. The molecule has 0 unspecified atom stereocenters. The third-order valence-electron chi connectivity index (χ3n) is 5.15. The van der Waals surface area contributed by atoms with Crippen LogP contribution in [0.4, 0.5) is 0 Å². The molecule has 5 nitrogen and oxygen atoms in total. The Kier molecular flexibility index (Phi) is 4.92. The molecule has 1 aromatic heterocycles. The lowest BCUT2D eigenvalue weighted by atomic mass is 10.0. The first-order valence-corrected chi connectivity index (χ1v) is 10.1. The minimum absolute atomic E-state index is 0.0867. The van der Waals surface area contributed by atoms with Crippen LogP contribution in [-0.2, 0) is 0 Å². The molecule has 0 saturated heterocycles. The summed E-state index contributed by atoms with van der Waals surface area (Å²) in [5.41, 5.74) is 1.48. The van der Waals surface area contributed by atoms with E-state index in [0.717, 1.165) is 16.3 Å². The molecule has 0 amide bonds. The van der Waals surface area contributed by atoms with Crippen LogP contribution in [0.5, 0.6) is 17.2 Å². The number of esters is 1. The van der Waals surface area contributed by atoms with E-state index in [1.165, 1.54) is 12.3 Å². The van der Waals surface area contributed by atoms with Crippen molar-refractivity contribution in [3.63, 3.8) is 0 Å². The molecule has 4 aromatic carbocycles. The van der Waals surface area contributed by atoms with Gasteiger partial charge in [-0.25, -0.2) is 4.79 Å². The number of ether oxygens (including phenoxy) is 2. The Morgan fingerprint density at radius 1 is 0.812 bits per heavy atom. The predicted octanol–water partition coefficient (Wildman–Crippen LogP) is 6.27. The Labute approximate surface area is 183 Å². The van der Waals surface area contributed by atoms with Crippen molar-refractivity contribution in [2.45, 2.75) is 6.92 Å². The fraction of sp³-hybridized carbons (Fsp3) is 0.0370. The number of rotatable bonds is 4. The number of carbonyl (C=O) groups excluding carboxylic acids is 1. The molecule has 156 valence electrons. The van der Waals surface area contributed by atoms with Gasteiger partial charge in [0.2, 0.25) is 11.2 Å². The summed E-state index contributed by atoms with van der Waals surface area (Å²) in [6.07, 6.45) is 1.27. The van der Waals surface area contributed by atoms with Crippen LogP contribution in [0.25, 0.3) is 21.7 Å². The minimum atomic E-state index is -0.483. The zero-order valence-corrected chi connectivity index (χ0v) is 17.2. The first kappa shape index (κ1) is 19.6. The molecule has 0 bridgehead atoms. The standard InChI is InChI=1S/C27H18O5/c1-17-6-4-9-19(14-17)31-25-16-30-24-15-20(12-13-23(24)26(25)28)32-27(29)22-11-5-8-18-7-2-3-10-21(18)22/h2-16H,1H3. The van der Waals surface area contributed by atoms with E-state index in [9.17, 15) is 9.59 Å². The smallest absolute Gasteiger partial charge is 0.344 e. The van der Waals surface area contributed by atoms with Crippen LogP contribution in [0.2, 0.25) is 0 Å². The summed E-state index contributed by atoms with van der Waals surface area (Å²) in [7, 11) is 0. The van der Waals surface area contributed by atoms with Gasteiger partial charge in [0.1, 0.15) is 23.3 Å². The van der Waals surface area contributed by atoms with Crippen molar-refractivity contribution >= 4 is 27.7 Å². The van der Waals surface area contributed by atoms with Gasteiger partial charge in [0.25, 0.3) is 0 Å². The summed E-state index contributed by atoms with van der Waals surface area (Å²) in [6.45, 7) is 1.94. The fourth-order valence-electron chi connectivity index (χ4n) is 3.60. The topological polar surface area (TPSA) is 65.7 Å². The molecule has 5 aromatic rings. The first-order chi connectivity index (χ1) is 15.6. The third kappa shape index (κ3) is 3.72. The normalized spacial score (nSPS) is 10.9. The molecule has 5 rings (SSSR count). The average Bonchev–Trinajstić information content (AvgIpc) is 2.80. The summed E-state index contributed by atoms with van der Waals surface area (Å²) in [6, 6.07) is 25.1. The molecule has 0 fully saturated rings. The van der Waals surface area contributed by atoms with Gasteiger partial charge in [-0.15, -0.1) is 0 Å². The second-order valence-corrected chi connectivity index (χ2v) is 7.42. The Morgan fingerprint density at radius 2 is 1.62 bits per heavy atom. The number of carbonyl (C=O) groups is 1. The Balaban J connectivity index is 1.43. The van der Waals surface area contributed by atoms with Crippen molar-refractivity contribution in [3.8, 4) is 17.2 Å². The first-order valence-electron chi connectivity index (χ1n) is 10.1. The third-order valence-corrected chi connectivity index (χ3v) is 5.15. The van der Waals surface area contributed by atoms with Crippen molar-refractivity contribution in [3.05, 3.63) is 113 Å². The average molecular weight is 422 g/mol. The number of benzene rings is 4. The molecule has 5 heteroatoms. The maximum Gasteiger partial charge on any atom is 0.344 e. The molecule has 0 aliphatic rings. The molecule has 0 saturated carbocycles. The van der Waals surface area contributed by atoms with Crippen LogP contribution in [0.3, 0.4) is 0 Å². The lowest BCUT2D eigenvalue weighted by Crippen LogP contribution is -2.09. The molecule has 32 heavy (non-hydrogen) atoms. The van der Waals surface area contributed by atoms with Gasteiger partial charge in [-0.3, -0.25) is 4.79 Å². The van der Waals surface area contributed by atoms with E-state index in [1.807, 2.05) is 61.5 Å². The van der Waals surface area contributed by atoms with Gasteiger partial charge >= 0.3 is 5.97 Å². The van der Waals surface area contributed by atoms with Crippen LogP contribution in [-0.4, -0.2) is 5.97 Å². The van der Waals surface area contributed by atoms with Crippen molar-refractivity contribution < 1.29 is 18.7 Å². The highest BCUT2D eigenvalue weighted by molar-refractivity contribution is 6.05. The van der Waals surface area contributed by atoms with E-state index in [-0.39, 0.29) is 16.9 Å². The molecule has 0 atom stereocenters. The second kappa shape index (κ2) is 8.04. The van der Waals surface area contributed by atoms with Gasteiger partial charge in [-0.05, 0) is 53.6 Å². The van der Waals surface area contributed by atoms with Crippen molar-refractivity contribution in [2.24, 2.45) is 0 Å². The molecule has 1 heterocycles. The van der Waals surface area contributed by atoms with Gasteiger partial charge < -0.3 is 13.9 Å². The van der Waals surface area contributed by atoms with Gasteiger partial charge in [-0.1, -0.05) is 48.5 Å². The molecule has 0 N–H and O–H groups in total. The Hall–Kier alpha value is -4.38. The zero-order valence-electron chi connectivity index (χ0n) is 17.2. The number of fused-ring (bicyclic) bond motifs is 2. The van der Waals surface area contributed by atoms with Crippen LogP contribution >= 0.6 is 0 Å². The van der Waals surface area contributed by atoms with Gasteiger partial charge in [0.15, 0.2) is 0 Å². The van der Waals surface area contributed by atoms with Crippen LogP contribution in [0.1, 0.15) is 15.9 Å². The number of hydrogen-bond acceptors (Lipinski definition) is 5. The van der Waals surface area contributed by atoms with Crippen LogP contribution in [0, 0.1) is 6.92 Å². The van der Waals surface area contributed by atoms with Gasteiger partial charge in [0, 0.05) is 6.07 Å². The van der Waals surface area contributed by atoms with Crippen molar-refractivity contribution in [1.29, 1.82) is 0 Å². The monoisotopic (exact) mass is 422 g/mol. The van der Waals surface area contributed by atoms with Crippen molar-refractivity contribution in [1.82, 2.24) is 0 Å². The van der Waals surface area contributed by atoms with E-state index >= 15 is 0 Å². The molecule has 0 aliphatic heterocycles. The summed E-state index contributed by atoms with van der Waals surface area (Å²) in [5.74, 6) is 0.440. The Morgan fingerprint density at radius 3 is 2.50 bits per heavy atom. The lowest BCUT2D eigenvalue weighted by molar-refractivity contribution is 0.0737. The van der Waals surface area contributed by atoms with E-state index < -0.39 is 5.97 Å². The lowest BCUT2D eigenvalue weighted by Gasteiger charge is -2.09. The largest absolute Gasteiger partial charge is 0.460 e. The molecular formula is C27H18O5. The van der Waals surface area contributed by atoms with E-state index in [1.54, 1.807) is 24.3 Å². The molecule has 0 radical (unpaired) electrons. The summed E-state index contributed by atoms with van der Waals surface area (Å²) < 4.78 is 16.9. The predicted molar refractivity (Wildman–Crippen MR) is 123 cm³/mol. The minimum Gasteiger partial charge on any atom is -0.460 e. The van der Waals surface area contributed by atoms with E-state index in [4.69, 9.17) is 13.9 Å². The maximum absolute atomic E-state index is 12.8. The highest BCUT2D eigenvalue weighted by Gasteiger charge is 2.15. The summed E-state index contributed by atoms with van der Waals surface area (Å²) in [4.78, 5) is 25.6. The molecular weight excluding hydrogens is 404 g/mol. The van der Waals surface area contributed by atoms with Crippen molar-refractivity contribution in [2.75, 3.05) is 0 Å². The fourth-order valence-corrected chi connectivity index (χ4v) is 3.60. The maximum atomic E-state index is 12.8. The number of aryl methyl sites for hydroxylation is 1. The second-order valence-electron chi connectivity index (χ2n) is 7.42. The van der Waals surface area contributed by atoms with E-state index in [0.29, 0.717) is 22.3 Å². The SMILES string of the molecule is Cc1cccc(Oc2coc3cc(OC(=O)c4cccc5ccccc45)ccc3c2=O)c1. The summed E-state index contributed by atoms with van der Waals surface area (Å²) >= 11 is 0. The quantitative estimate of drug-likeness (QED) is 0.252. The Bertz CT molecular complexity index is 1530.